The van der Waals surface area contributed by atoms with Crippen LogP contribution >= 0.6 is 0 Å². The smallest absolute Gasteiger partial charge is 0.252 e. The lowest BCUT2D eigenvalue weighted by atomic mass is 9.84. The third-order valence-electron chi connectivity index (χ3n) is 6.49. The first kappa shape index (κ1) is 23.6. The number of pyridine rings is 1. The number of carbonyl (C=O) groups is 3. The molecular weight excluding hydrogens is 430 g/mol. The van der Waals surface area contributed by atoms with Crippen LogP contribution in [-0.4, -0.2) is 44.9 Å². The summed E-state index contributed by atoms with van der Waals surface area (Å²) in [6.07, 6.45) is 2.54. The summed E-state index contributed by atoms with van der Waals surface area (Å²) in [5.41, 5.74) is 2.95. The number of fused-ring (bicyclic) bond motifs is 1. The van der Waals surface area contributed by atoms with E-state index in [-0.39, 0.29) is 48.1 Å². The van der Waals surface area contributed by atoms with Gasteiger partial charge >= 0.3 is 0 Å². The van der Waals surface area contributed by atoms with Gasteiger partial charge in [-0.1, -0.05) is 25.1 Å². The van der Waals surface area contributed by atoms with Gasteiger partial charge in [-0.15, -0.1) is 0 Å². The Kier molecular flexibility index (Phi) is 6.50. The Hall–Kier alpha value is -3.55. The minimum absolute atomic E-state index is 0.0270. The molecule has 0 radical (unpaired) electrons. The van der Waals surface area contributed by atoms with E-state index in [1.165, 1.54) is 6.92 Å². The summed E-state index contributed by atoms with van der Waals surface area (Å²) < 4.78 is 1.78. The highest BCUT2D eigenvalue weighted by atomic mass is 16.2. The van der Waals surface area contributed by atoms with Crippen LogP contribution in [0, 0.1) is 11.8 Å². The molecule has 3 aromatic rings. The lowest BCUT2D eigenvalue weighted by molar-refractivity contribution is -0.129. The highest BCUT2D eigenvalue weighted by Gasteiger charge is 2.32. The van der Waals surface area contributed by atoms with Crippen LogP contribution in [0.4, 0.5) is 0 Å². The fourth-order valence-electron chi connectivity index (χ4n) is 4.61. The summed E-state index contributed by atoms with van der Waals surface area (Å²) in [6, 6.07) is 9.14. The topological polar surface area (TPSA) is 106 Å². The average Bonchev–Trinajstić information content (AvgIpc) is 3.22. The highest BCUT2D eigenvalue weighted by Crippen LogP contribution is 2.28. The van der Waals surface area contributed by atoms with Crippen LogP contribution in [-0.2, 0) is 4.79 Å². The molecule has 0 spiro atoms. The molecule has 34 heavy (non-hydrogen) atoms. The first-order valence-electron chi connectivity index (χ1n) is 11.7. The van der Waals surface area contributed by atoms with Gasteiger partial charge in [-0.2, -0.15) is 5.10 Å². The molecule has 0 saturated carbocycles. The highest BCUT2D eigenvalue weighted by molar-refractivity contribution is 6.06. The predicted molar refractivity (Wildman–Crippen MR) is 131 cm³/mol. The molecule has 1 saturated heterocycles. The molecule has 1 aliphatic heterocycles. The first-order chi connectivity index (χ1) is 16.2. The van der Waals surface area contributed by atoms with E-state index in [0.717, 1.165) is 12.0 Å². The van der Waals surface area contributed by atoms with Crippen molar-refractivity contribution in [3.05, 3.63) is 47.7 Å². The number of amides is 2. The SMILES string of the molecule is CC(=O)c1cccc(-c2cc(C(=O)NCC3C(=O)NC(C)CC3C)c3cnn(C(C)C)c3n2)c1. The number of rotatable bonds is 6. The molecule has 1 aliphatic rings. The standard InChI is InChI=1S/C26H31N5O3/c1-14(2)31-24-22(13-28-31)20(11-23(30-24)19-8-6-7-18(10-19)17(5)32)25(33)27-12-21-15(3)9-16(4)29-26(21)34/h6-8,10-11,13-16,21H,9,12H2,1-5H3,(H,27,33)(H,29,34). The fraction of sp³-hybridized carbons (Fsp3) is 0.423. The summed E-state index contributed by atoms with van der Waals surface area (Å²) in [5.74, 6) is -0.445. The summed E-state index contributed by atoms with van der Waals surface area (Å²) in [7, 11) is 0. The van der Waals surface area contributed by atoms with Crippen molar-refractivity contribution >= 4 is 28.6 Å². The zero-order valence-electron chi connectivity index (χ0n) is 20.3. The van der Waals surface area contributed by atoms with E-state index in [2.05, 4.69) is 15.7 Å². The molecule has 0 bridgehead atoms. The molecule has 8 nitrogen and oxygen atoms in total. The maximum Gasteiger partial charge on any atom is 0.252 e. The van der Waals surface area contributed by atoms with Gasteiger partial charge in [0.25, 0.3) is 5.91 Å². The minimum atomic E-state index is -0.279. The van der Waals surface area contributed by atoms with Gasteiger partial charge in [0, 0.05) is 29.8 Å². The average molecular weight is 462 g/mol. The molecule has 0 aliphatic carbocycles. The minimum Gasteiger partial charge on any atom is -0.353 e. The summed E-state index contributed by atoms with van der Waals surface area (Å²) in [5, 5.41) is 11.0. The van der Waals surface area contributed by atoms with Crippen molar-refractivity contribution in [2.75, 3.05) is 6.54 Å². The van der Waals surface area contributed by atoms with E-state index < -0.39 is 0 Å². The molecule has 8 heteroatoms. The van der Waals surface area contributed by atoms with Crippen molar-refractivity contribution in [3.63, 3.8) is 0 Å². The number of nitrogens with zero attached hydrogens (tertiary/aromatic N) is 3. The van der Waals surface area contributed by atoms with Crippen LogP contribution in [0.25, 0.3) is 22.3 Å². The van der Waals surface area contributed by atoms with Gasteiger partial charge in [-0.25, -0.2) is 9.67 Å². The molecule has 178 valence electrons. The Morgan fingerprint density at radius 1 is 1.24 bits per heavy atom. The van der Waals surface area contributed by atoms with Crippen molar-refractivity contribution in [1.29, 1.82) is 0 Å². The number of aromatic nitrogens is 3. The van der Waals surface area contributed by atoms with Crippen molar-refractivity contribution < 1.29 is 14.4 Å². The third kappa shape index (κ3) is 4.58. The van der Waals surface area contributed by atoms with Crippen molar-refractivity contribution in [2.45, 2.75) is 53.1 Å². The monoisotopic (exact) mass is 461 g/mol. The van der Waals surface area contributed by atoms with Crippen LogP contribution in [0.15, 0.2) is 36.5 Å². The lowest BCUT2D eigenvalue weighted by Gasteiger charge is -2.32. The Morgan fingerprint density at radius 2 is 2.00 bits per heavy atom. The summed E-state index contributed by atoms with van der Waals surface area (Å²) in [6.45, 7) is 9.82. The van der Waals surface area contributed by atoms with Crippen molar-refractivity contribution in [1.82, 2.24) is 25.4 Å². The van der Waals surface area contributed by atoms with Crippen LogP contribution < -0.4 is 10.6 Å². The Labute approximate surface area is 199 Å². The van der Waals surface area contributed by atoms with Gasteiger partial charge in [0.2, 0.25) is 5.91 Å². The van der Waals surface area contributed by atoms with Crippen LogP contribution in [0.2, 0.25) is 0 Å². The van der Waals surface area contributed by atoms with Crippen LogP contribution in [0.1, 0.15) is 67.8 Å². The summed E-state index contributed by atoms with van der Waals surface area (Å²) >= 11 is 0. The number of ketones is 1. The zero-order chi connectivity index (χ0) is 24.6. The number of nitrogens with one attached hydrogen (secondary N) is 2. The lowest BCUT2D eigenvalue weighted by Crippen LogP contribution is -2.50. The Morgan fingerprint density at radius 3 is 2.68 bits per heavy atom. The van der Waals surface area contributed by atoms with E-state index in [4.69, 9.17) is 4.98 Å². The summed E-state index contributed by atoms with van der Waals surface area (Å²) in [4.78, 5) is 42.5. The number of hydrogen-bond donors (Lipinski definition) is 2. The third-order valence-corrected chi connectivity index (χ3v) is 6.49. The van der Waals surface area contributed by atoms with Gasteiger partial charge in [0.05, 0.1) is 28.8 Å². The number of hydrogen-bond acceptors (Lipinski definition) is 5. The molecule has 2 aromatic heterocycles. The molecule has 3 heterocycles. The van der Waals surface area contributed by atoms with Gasteiger partial charge in [-0.05, 0) is 52.2 Å². The molecule has 1 fully saturated rings. The maximum absolute atomic E-state index is 13.4. The van der Waals surface area contributed by atoms with E-state index in [9.17, 15) is 14.4 Å². The predicted octanol–water partition coefficient (Wildman–Crippen LogP) is 3.77. The molecule has 3 atom stereocenters. The molecule has 1 aromatic carbocycles. The van der Waals surface area contributed by atoms with E-state index in [1.807, 2.05) is 39.8 Å². The largest absolute Gasteiger partial charge is 0.353 e. The first-order valence-corrected chi connectivity index (χ1v) is 11.7. The number of benzene rings is 1. The van der Waals surface area contributed by atoms with Crippen LogP contribution in [0.3, 0.4) is 0 Å². The molecular formula is C26H31N5O3. The second-order valence-corrected chi connectivity index (χ2v) is 9.55. The number of Topliss-reactive ketones (excluding diaryl/α,β-unsaturated/α-hetero) is 1. The van der Waals surface area contributed by atoms with Crippen molar-refractivity contribution in [2.24, 2.45) is 11.8 Å². The second kappa shape index (κ2) is 9.37. The molecule has 3 unspecified atom stereocenters. The molecule has 2 amide bonds. The quantitative estimate of drug-likeness (QED) is 0.544. The Bertz CT molecular complexity index is 1260. The molecule has 4 rings (SSSR count). The van der Waals surface area contributed by atoms with Crippen molar-refractivity contribution in [3.8, 4) is 11.3 Å². The number of carbonyl (C=O) groups excluding carboxylic acids is 3. The number of piperidine rings is 1. The van der Waals surface area contributed by atoms with Gasteiger partial charge in [0.1, 0.15) is 0 Å². The maximum atomic E-state index is 13.4. The van der Waals surface area contributed by atoms with Gasteiger partial charge < -0.3 is 10.6 Å². The second-order valence-electron chi connectivity index (χ2n) is 9.55. The van der Waals surface area contributed by atoms with E-state index in [1.54, 1.807) is 29.1 Å². The normalized spacial score (nSPS) is 20.4. The zero-order valence-corrected chi connectivity index (χ0v) is 20.3. The van der Waals surface area contributed by atoms with E-state index >= 15 is 0 Å². The molecule has 2 N–H and O–H groups in total. The fourth-order valence-corrected chi connectivity index (χ4v) is 4.61. The van der Waals surface area contributed by atoms with Gasteiger partial charge in [0.15, 0.2) is 11.4 Å². The van der Waals surface area contributed by atoms with E-state index in [0.29, 0.717) is 27.9 Å². The van der Waals surface area contributed by atoms with Crippen LogP contribution in [0.5, 0.6) is 0 Å². The van der Waals surface area contributed by atoms with Gasteiger partial charge in [-0.3, -0.25) is 14.4 Å². The Balaban J connectivity index is 1.71.